The number of fused-ring (bicyclic) bond motifs is 1. The Morgan fingerprint density at radius 1 is 1.60 bits per heavy atom. The van der Waals surface area contributed by atoms with Gasteiger partial charge in [0, 0.05) is 25.2 Å². The predicted molar refractivity (Wildman–Crippen MR) is 51.4 cm³/mol. The number of esters is 1. The van der Waals surface area contributed by atoms with E-state index in [-0.39, 0.29) is 12.2 Å². The third-order valence-electron chi connectivity index (χ3n) is 2.23. The lowest BCUT2D eigenvalue weighted by molar-refractivity contribution is -0.170. The van der Waals surface area contributed by atoms with Crippen LogP contribution < -0.4 is 0 Å². The molecular weight excluding hydrogens is 198 g/mol. The van der Waals surface area contributed by atoms with Crippen molar-refractivity contribution in [3.63, 3.8) is 0 Å². The number of aromatic amines is 1. The monoisotopic (exact) mass is 209 g/mol. The first-order valence-corrected chi connectivity index (χ1v) is 4.50. The predicted octanol–water partition coefficient (Wildman–Crippen LogP) is 0.156. The SMILES string of the molecule is CC(=O)OC1=Cc2cc[nH]c2CC1(O)O. The van der Waals surface area contributed by atoms with E-state index in [0.29, 0.717) is 5.69 Å². The average molecular weight is 209 g/mol. The summed E-state index contributed by atoms with van der Waals surface area (Å²) in [5, 5.41) is 19.3. The minimum atomic E-state index is -2.12. The Hall–Kier alpha value is -1.59. The quantitative estimate of drug-likeness (QED) is 0.454. The van der Waals surface area contributed by atoms with E-state index in [0.717, 1.165) is 5.56 Å². The zero-order chi connectivity index (χ0) is 11.1. The minimum absolute atomic E-state index is 0.0194. The van der Waals surface area contributed by atoms with Gasteiger partial charge in [-0.3, -0.25) is 4.79 Å². The fraction of sp³-hybridized carbons (Fsp3) is 0.300. The van der Waals surface area contributed by atoms with Gasteiger partial charge < -0.3 is 19.9 Å². The van der Waals surface area contributed by atoms with Crippen molar-refractivity contribution in [1.82, 2.24) is 4.98 Å². The highest BCUT2D eigenvalue weighted by molar-refractivity contribution is 5.70. The number of rotatable bonds is 1. The summed E-state index contributed by atoms with van der Waals surface area (Å²) in [6.07, 6.45) is 3.11. The Morgan fingerprint density at radius 3 is 3.00 bits per heavy atom. The molecule has 0 saturated heterocycles. The number of carbonyl (C=O) groups is 1. The highest BCUT2D eigenvalue weighted by Gasteiger charge is 2.36. The van der Waals surface area contributed by atoms with E-state index in [1.165, 1.54) is 13.0 Å². The number of H-pyrrole nitrogens is 1. The highest BCUT2D eigenvalue weighted by Crippen LogP contribution is 2.29. The van der Waals surface area contributed by atoms with Crippen molar-refractivity contribution >= 4 is 12.0 Å². The van der Waals surface area contributed by atoms with Crippen LogP contribution in [-0.4, -0.2) is 27.0 Å². The molecule has 5 heteroatoms. The molecule has 5 nitrogen and oxygen atoms in total. The van der Waals surface area contributed by atoms with Gasteiger partial charge in [-0.15, -0.1) is 0 Å². The van der Waals surface area contributed by atoms with Gasteiger partial charge in [-0.25, -0.2) is 0 Å². The molecular formula is C10H11NO4. The summed E-state index contributed by atoms with van der Waals surface area (Å²) in [5.41, 5.74) is 1.50. The largest absolute Gasteiger partial charge is 0.425 e. The van der Waals surface area contributed by atoms with E-state index in [9.17, 15) is 15.0 Å². The molecule has 80 valence electrons. The molecule has 1 heterocycles. The molecule has 0 aliphatic heterocycles. The van der Waals surface area contributed by atoms with Crippen LogP contribution in [0.4, 0.5) is 0 Å². The molecule has 0 saturated carbocycles. The Kier molecular flexibility index (Phi) is 2.13. The first kappa shape index (κ1) is 9.95. The lowest BCUT2D eigenvalue weighted by atomic mass is 9.98. The molecule has 1 aliphatic carbocycles. The molecule has 0 spiro atoms. The van der Waals surface area contributed by atoms with Crippen molar-refractivity contribution in [1.29, 1.82) is 0 Å². The summed E-state index contributed by atoms with van der Waals surface area (Å²) in [6.45, 7) is 1.21. The fourth-order valence-corrected chi connectivity index (χ4v) is 1.56. The topological polar surface area (TPSA) is 82.6 Å². The maximum absolute atomic E-state index is 10.8. The molecule has 0 aromatic carbocycles. The second-order valence-corrected chi connectivity index (χ2v) is 3.51. The summed E-state index contributed by atoms with van der Waals surface area (Å²) in [5.74, 6) is -2.83. The summed E-state index contributed by atoms with van der Waals surface area (Å²) >= 11 is 0. The summed E-state index contributed by atoms with van der Waals surface area (Å²) in [4.78, 5) is 13.6. The second-order valence-electron chi connectivity index (χ2n) is 3.51. The Morgan fingerprint density at radius 2 is 2.33 bits per heavy atom. The van der Waals surface area contributed by atoms with Crippen LogP contribution in [0.3, 0.4) is 0 Å². The van der Waals surface area contributed by atoms with Crippen molar-refractivity contribution in [2.75, 3.05) is 0 Å². The highest BCUT2D eigenvalue weighted by atomic mass is 16.6. The first-order chi connectivity index (χ1) is 6.99. The molecule has 3 N–H and O–H groups in total. The number of ether oxygens (including phenoxy) is 1. The Labute approximate surface area is 86.0 Å². The van der Waals surface area contributed by atoms with Gasteiger partial charge in [0.05, 0.1) is 0 Å². The van der Waals surface area contributed by atoms with Crippen LogP contribution in [0, 0.1) is 0 Å². The maximum atomic E-state index is 10.8. The van der Waals surface area contributed by atoms with Crippen molar-refractivity contribution in [2.45, 2.75) is 19.1 Å². The molecule has 2 rings (SSSR count). The number of nitrogens with one attached hydrogen (secondary N) is 1. The number of carbonyl (C=O) groups excluding carboxylic acids is 1. The summed E-state index contributed by atoms with van der Waals surface area (Å²) in [6, 6.07) is 1.77. The average Bonchev–Trinajstić information content (AvgIpc) is 2.49. The van der Waals surface area contributed by atoms with Gasteiger partial charge in [0.1, 0.15) is 0 Å². The lowest BCUT2D eigenvalue weighted by Gasteiger charge is -2.26. The maximum Gasteiger partial charge on any atom is 0.307 e. The van der Waals surface area contributed by atoms with Crippen LogP contribution in [0.1, 0.15) is 18.2 Å². The number of aromatic nitrogens is 1. The third kappa shape index (κ3) is 1.79. The Balaban J connectivity index is 2.39. The van der Waals surface area contributed by atoms with Crippen molar-refractivity contribution < 1.29 is 19.7 Å². The van der Waals surface area contributed by atoms with Gasteiger partial charge in [-0.1, -0.05) is 0 Å². The van der Waals surface area contributed by atoms with Crippen LogP contribution >= 0.6 is 0 Å². The lowest BCUT2D eigenvalue weighted by Crippen LogP contribution is -2.37. The van der Waals surface area contributed by atoms with E-state index < -0.39 is 11.8 Å². The van der Waals surface area contributed by atoms with Gasteiger partial charge >= 0.3 is 5.97 Å². The molecule has 0 fully saturated rings. The van der Waals surface area contributed by atoms with Gasteiger partial charge in [0.15, 0.2) is 5.76 Å². The molecule has 0 unspecified atom stereocenters. The van der Waals surface area contributed by atoms with Gasteiger partial charge in [0.25, 0.3) is 0 Å². The second kappa shape index (κ2) is 3.22. The number of hydrogen-bond acceptors (Lipinski definition) is 4. The normalized spacial score (nSPS) is 17.9. The van der Waals surface area contributed by atoms with Crippen molar-refractivity contribution in [3.05, 3.63) is 29.3 Å². The van der Waals surface area contributed by atoms with E-state index in [2.05, 4.69) is 4.98 Å². The smallest absolute Gasteiger partial charge is 0.307 e. The number of aliphatic hydroxyl groups is 2. The van der Waals surface area contributed by atoms with Crippen LogP contribution in [0.2, 0.25) is 0 Å². The molecule has 1 aromatic rings. The molecule has 1 aromatic heterocycles. The molecule has 1 aliphatic rings. The van der Waals surface area contributed by atoms with Crippen molar-refractivity contribution in [2.24, 2.45) is 0 Å². The van der Waals surface area contributed by atoms with E-state index >= 15 is 0 Å². The molecule has 0 amide bonds. The number of hydrogen-bond donors (Lipinski definition) is 3. The third-order valence-corrected chi connectivity index (χ3v) is 2.23. The molecule has 0 atom stereocenters. The molecule has 15 heavy (non-hydrogen) atoms. The summed E-state index contributed by atoms with van der Waals surface area (Å²) in [7, 11) is 0. The van der Waals surface area contributed by atoms with Gasteiger partial charge in [-0.2, -0.15) is 0 Å². The van der Waals surface area contributed by atoms with Crippen LogP contribution in [0.5, 0.6) is 0 Å². The van der Waals surface area contributed by atoms with Crippen molar-refractivity contribution in [3.8, 4) is 0 Å². The molecule has 0 bridgehead atoms. The standard InChI is InChI=1S/C10H11NO4/c1-6(12)15-9-4-7-2-3-11-8(7)5-10(9,13)14/h2-4,11,13-14H,5H2,1H3. The first-order valence-electron chi connectivity index (χ1n) is 4.50. The zero-order valence-corrected chi connectivity index (χ0v) is 8.15. The fourth-order valence-electron chi connectivity index (χ4n) is 1.56. The van der Waals surface area contributed by atoms with Crippen LogP contribution in [0.15, 0.2) is 18.0 Å². The van der Waals surface area contributed by atoms with Crippen LogP contribution in [0.25, 0.3) is 6.08 Å². The van der Waals surface area contributed by atoms with E-state index in [1.54, 1.807) is 12.3 Å². The van der Waals surface area contributed by atoms with Gasteiger partial charge in [-0.05, 0) is 17.7 Å². The summed E-state index contributed by atoms with van der Waals surface area (Å²) < 4.78 is 4.74. The minimum Gasteiger partial charge on any atom is -0.425 e. The van der Waals surface area contributed by atoms with E-state index in [4.69, 9.17) is 4.74 Å². The zero-order valence-electron chi connectivity index (χ0n) is 8.15. The van der Waals surface area contributed by atoms with Crippen LogP contribution in [-0.2, 0) is 16.0 Å². The van der Waals surface area contributed by atoms with Gasteiger partial charge in [0.2, 0.25) is 5.79 Å². The molecule has 0 radical (unpaired) electrons. The van der Waals surface area contributed by atoms with E-state index in [1.807, 2.05) is 0 Å². The Bertz CT molecular complexity index is 430.